The maximum Gasteiger partial charge on any atom is 0.253 e. The summed E-state index contributed by atoms with van der Waals surface area (Å²) in [5.74, 6) is 0.708. The van der Waals surface area contributed by atoms with Crippen LogP contribution in [0.5, 0.6) is 0 Å². The minimum absolute atomic E-state index is 0.131. The molecule has 20 heavy (non-hydrogen) atoms. The van der Waals surface area contributed by atoms with Gasteiger partial charge in [-0.05, 0) is 48.9 Å². The van der Waals surface area contributed by atoms with Gasteiger partial charge in [0.25, 0.3) is 5.91 Å². The first-order chi connectivity index (χ1) is 9.74. The van der Waals surface area contributed by atoms with E-state index in [4.69, 9.17) is 4.74 Å². The molecule has 1 amide bonds. The number of nitrogens with zero attached hydrogens (tertiary/aromatic N) is 1. The number of hydrogen-bond acceptors (Lipinski definition) is 3. The topological polar surface area (TPSA) is 41.6 Å². The highest BCUT2D eigenvalue weighted by molar-refractivity contribution is 5.94. The van der Waals surface area contributed by atoms with E-state index in [-0.39, 0.29) is 5.91 Å². The first kappa shape index (κ1) is 13.4. The summed E-state index contributed by atoms with van der Waals surface area (Å²) in [4.78, 5) is 14.4. The van der Waals surface area contributed by atoms with E-state index in [1.54, 1.807) is 0 Å². The van der Waals surface area contributed by atoms with Gasteiger partial charge in [0.05, 0.1) is 0 Å². The summed E-state index contributed by atoms with van der Waals surface area (Å²) in [5, 5.41) is 3.32. The van der Waals surface area contributed by atoms with Crippen LogP contribution in [0.15, 0.2) is 18.2 Å². The highest BCUT2D eigenvalue weighted by Crippen LogP contribution is 2.24. The molecule has 1 aromatic rings. The van der Waals surface area contributed by atoms with Gasteiger partial charge in [0.15, 0.2) is 0 Å². The predicted octanol–water partition coefficient (Wildman–Crippen LogP) is 2.15. The lowest BCUT2D eigenvalue weighted by atomic mass is 9.99. The summed E-state index contributed by atoms with van der Waals surface area (Å²) in [6.07, 6.45) is 3.14. The van der Waals surface area contributed by atoms with Crippen molar-refractivity contribution >= 4 is 11.6 Å². The number of nitrogens with one attached hydrogen (secondary N) is 1. The van der Waals surface area contributed by atoms with Crippen LogP contribution < -0.4 is 5.32 Å². The van der Waals surface area contributed by atoms with Crippen LogP contribution in [-0.4, -0.2) is 44.2 Å². The number of rotatable bonds is 3. The Morgan fingerprint density at radius 1 is 1.40 bits per heavy atom. The molecule has 0 aliphatic carbocycles. The molecule has 0 saturated carbocycles. The number of carbonyl (C=O) groups is 1. The molecule has 1 aromatic carbocycles. The fraction of sp³-hybridized carbons (Fsp3) is 0.562. The smallest absolute Gasteiger partial charge is 0.253 e. The molecule has 1 N–H and O–H groups in total. The van der Waals surface area contributed by atoms with Gasteiger partial charge in [-0.1, -0.05) is 0 Å². The molecule has 4 heteroatoms. The molecular formula is C16H22N2O2. The molecule has 1 saturated heterocycles. The third kappa shape index (κ3) is 2.80. The Labute approximate surface area is 120 Å². The molecule has 3 rings (SSSR count). The zero-order valence-corrected chi connectivity index (χ0v) is 12.0. The van der Waals surface area contributed by atoms with Crippen molar-refractivity contribution in [3.05, 3.63) is 29.3 Å². The number of ether oxygens (including phenoxy) is 1. The van der Waals surface area contributed by atoms with Crippen LogP contribution in [0.4, 0.5) is 5.69 Å². The number of fused-ring (bicyclic) bond motifs is 1. The second-order valence-corrected chi connectivity index (χ2v) is 5.79. The van der Waals surface area contributed by atoms with E-state index in [0.29, 0.717) is 5.92 Å². The van der Waals surface area contributed by atoms with Crippen molar-refractivity contribution in [1.82, 2.24) is 4.90 Å². The SMILES string of the molecule is CN(CC1CCOCC1)C(=O)c1ccc2c(c1)CCN2. The summed E-state index contributed by atoms with van der Waals surface area (Å²) >= 11 is 0. The van der Waals surface area contributed by atoms with Gasteiger partial charge in [0, 0.05) is 44.6 Å². The standard InChI is InChI=1S/C16H22N2O2/c1-18(11-12-5-8-20-9-6-12)16(19)14-2-3-15-13(10-14)4-7-17-15/h2-3,10,12,17H,4-9,11H2,1H3. The van der Waals surface area contributed by atoms with Crippen molar-refractivity contribution in [1.29, 1.82) is 0 Å². The molecule has 0 bridgehead atoms. The molecule has 1 fully saturated rings. The number of anilines is 1. The molecule has 4 nitrogen and oxygen atoms in total. The van der Waals surface area contributed by atoms with Gasteiger partial charge in [-0.2, -0.15) is 0 Å². The Morgan fingerprint density at radius 2 is 2.20 bits per heavy atom. The van der Waals surface area contributed by atoms with E-state index in [9.17, 15) is 4.79 Å². The van der Waals surface area contributed by atoms with E-state index >= 15 is 0 Å². The van der Waals surface area contributed by atoms with Crippen LogP contribution in [0, 0.1) is 5.92 Å². The molecule has 0 radical (unpaired) electrons. The molecule has 108 valence electrons. The lowest BCUT2D eigenvalue weighted by Gasteiger charge is -2.27. The maximum atomic E-state index is 12.5. The zero-order valence-electron chi connectivity index (χ0n) is 12.0. The molecule has 0 spiro atoms. The van der Waals surface area contributed by atoms with Crippen molar-refractivity contribution in [2.75, 3.05) is 38.7 Å². The molecular weight excluding hydrogens is 252 g/mol. The first-order valence-electron chi connectivity index (χ1n) is 7.44. The Hall–Kier alpha value is -1.55. The number of carbonyl (C=O) groups excluding carboxylic acids is 1. The Balaban J connectivity index is 1.65. The van der Waals surface area contributed by atoms with Gasteiger partial charge in [-0.3, -0.25) is 4.79 Å². The Morgan fingerprint density at radius 3 is 3.00 bits per heavy atom. The van der Waals surface area contributed by atoms with Gasteiger partial charge in [0.1, 0.15) is 0 Å². The highest BCUT2D eigenvalue weighted by atomic mass is 16.5. The first-order valence-corrected chi connectivity index (χ1v) is 7.44. The van der Waals surface area contributed by atoms with Crippen LogP contribution in [0.3, 0.4) is 0 Å². The molecule has 0 atom stereocenters. The number of amides is 1. The summed E-state index contributed by atoms with van der Waals surface area (Å²) in [6, 6.07) is 6.00. The zero-order chi connectivity index (χ0) is 13.9. The van der Waals surface area contributed by atoms with E-state index in [1.165, 1.54) is 11.3 Å². The van der Waals surface area contributed by atoms with Gasteiger partial charge >= 0.3 is 0 Å². The third-order valence-electron chi connectivity index (χ3n) is 4.28. The van der Waals surface area contributed by atoms with E-state index in [2.05, 4.69) is 5.32 Å². The fourth-order valence-corrected chi connectivity index (χ4v) is 3.06. The monoisotopic (exact) mass is 274 g/mol. The van der Waals surface area contributed by atoms with Crippen molar-refractivity contribution in [3.63, 3.8) is 0 Å². The van der Waals surface area contributed by atoms with Crippen LogP contribution >= 0.6 is 0 Å². The second kappa shape index (κ2) is 5.83. The fourth-order valence-electron chi connectivity index (χ4n) is 3.06. The minimum atomic E-state index is 0.131. The molecule has 2 aliphatic rings. The maximum absolute atomic E-state index is 12.5. The van der Waals surface area contributed by atoms with Gasteiger partial charge in [-0.25, -0.2) is 0 Å². The van der Waals surface area contributed by atoms with Gasteiger partial charge in [0.2, 0.25) is 0 Å². The number of hydrogen-bond donors (Lipinski definition) is 1. The van der Waals surface area contributed by atoms with Gasteiger partial charge in [-0.15, -0.1) is 0 Å². The lowest BCUT2D eigenvalue weighted by molar-refractivity contribution is 0.0497. The molecule has 0 aromatic heterocycles. The largest absolute Gasteiger partial charge is 0.384 e. The second-order valence-electron chi connectivity index (χ2n) is 5.79. The van der Waals surface area contributed by atoms with Gasteiger partial charge < -0.3 is 15.0 Å². The lowest BCUT2D eigenvalue weighted by Crippen LogP contribution is -2.34. The number of benzene rings is 1. The predicted molar refractivity (Wildman–Crippen MR) is 79.1 cm³/mol. The van der Waals surface area contributed by atoms with Crippen LogP contribution in [-0.2, 0) is 11.2 Å². The summed E-state index contributed by atoms with van der Waals surface area (Å²) < 4.78 is 5.37. The average Bonchev–Trinajstić information content (AvgIpc) is 2.94. The Bertz CT molecular complexity index is 495. The minimum Gasteiger partial charge on any atom is -0.384 e. The van der Waals surface area contributed by atoms with Crippen LogP contribution in [0.1, 0.15) is 28.8 Å². The van der Waals surface area contributed by atoms with Crippen LogP contribution in [0.2, 0.25) is 0 Å². The molecule has 2 aliphatic heterocycles. The van der Waals surface area contributed by atoms with E-state index in [0.717, 1.165) is 51.1 Å². The normalized spacial score (nSPS) is 18.4. The van der Waals surface area contributed by atoms with Crippen molar-refractivity contribution in [2.45, 2.75) is 19.3 Å². The Kier molecular flexibility index (Phi) is 3.92. The summed E-state index contributed by atoms with van der Waals surface area (Å²) in [7, 11) is 1.91. The molecule has 2 heterocycles. The van der Waals surface area contributed by atoms with E-state index < -0.39 is 0 Å². The quantitative estimate of drug-likeness (QED) is 0.918. The molecule has 0 unspecified atom stereocenters. The summed E-state index contributed by atoms with van der Waals surface area (Å²) in [5.41, 5.74) is 3.24. The van der Waals surface area contributed by atoms with Crippen LogP contribution in [0.25, 0.3) is 0 Å². The third-order valence-corrected chi connectivity index (χ3v) is 4.28. The van der Waals surface area contributed by atoms with Crippen molar-refractivity contribution in [2.24, 2.45) is 5.92 Å². The summed E-state index contributed by atoms with van der Waals surface area (Å²) in [6.45, 7) is 3.47. The van der Waals surface area contributed by atoms with Crippen molar-refractivity contribution in [3.8, 4) is 0 Å². The highest BCUT2D eigenvalue weighted by Gasteiger charge is 2.20. The van der Waals surface area contributed by atoms with E-state index in [1.807, 2.05) is 30.1 Å². The van der Waals surface area contributed by atoms with Crippen molar-refractivity contribution < 1.29 is 9.53 Å². The average molecular weight is 274 g/mol.